The van der Waals surface area contributed by atoms with E-state index in [2.05, 4.69) is 62.1 Å². The molecule has 0 radical (unpaired) electrons. The molecule has 1 aliphatic carbocycles. The molecule has 6 nitrogen and oxygen atoms in total. The highest BCUT2D eigenvalue weighted by molar-refractivity contribution is 14.0. The lowest BCUT2D eigenvalue weighted by Gasteiger charge is -2.55. The number of nitrogens with one attached hydrogen (secondary N) is 2. The van der Waals surface area contributed by atoms with Crippen molar-refractivity contribution < 1.29 is 4.74 Å². The van der Waals surface area contributed by atoms with Crippen LogP contribution in [-0.4, -0.2) is 87.4 Å². The van der Waals surface area contributed by atoms with Crippen molar-refractivity contribution in [2.75, 3.05) is 59.5 Å². The Morgan fingerprint density at radius 2 is 1.79 bits per heavy atom. The van der Waals surface area contributed by atoms with Crippen molar-refractivity contribution in [3.8, 4) is 0 Å². The lowest BCUT2D eigenvalue weighted by Crippen LogP contribution is -2.65. The van der Waals surface area contributed by atoms with Gasteiger partial charge in [-0.25, -0.2) is 0 Å². The van der Waals surface area contributed by atoms with Gasteiger partial charge in [-0.3, -0.25) is 4.99 Å². The van der Waals surface area contributed by atoms with E-state index in [-0.39, 0.29) is 29.4 Å². The Balaban J connectivity index is 0.00000420. The molecule has 3 atom stereocenters. The third-order valence-corrected chi connectivity index (χ3v) is 6.85. The highest BCUT2D eigenvalue weighted by Gasteiger charge is 2.53. The number of rotatable bonds is 10. The van der Waals surface area contributed by atoms with Gasteiger partial charge in [0, 0.05) is 63.9 Å². The van der Waals surface area contributed by atoms with Gasteiger partial charge in [-0.15, -0.1) is 24.0 Å². The lowest BCUT2D eigenvalue weighted by molar-refractivity contribution is -0.133. The minimum absolute atomic E-state index is 0. The molecule has 2 aliphatic rings. The fourth-order valence-corrected chi connectivity index (χ4v) is 4.84. The maximum Gasteiger partial charge on any atom is 0.191 e. The summed E-state index contributed by atoms with van der Waals surface area (Å²) >= 11 is 0. The second kappa shape index (κ2) is 13.3. The van der Waals surface area contributed by atoms with Gasteiger partial charge >= 0.3 is 0 Å². The second-order valence-corrected chi connectivity index (χ2v) is 8.75. The molecule has 0 bridgehead atoms. The summed E-state index contributed by atoms with van der Waals surface area (Å²) in [4.78, 5) is 9.93. The summed E-state index contributed by atoms with van der Waals surface area (Å²) in [5.74, 6) is 1.54. The second-order valence-electron chi connectivity index (χ2n) is 8.75. The summed E-state index contributed by atoms with van der Waals surface area (Å²) in [6, 6.07) is 0.449. The van der Waals surface area contributed by atoms with Gasteiger partial charge in [-0.2, -0.15) is 0 Å². The van der Waals surface area contributed by atoms with Gasteiger partial charge in [0.05, 0.1) is 6.10 Å². The molecule has 172 valence electrons. The first kappa shape index (κ1) is 26.9. The van der Waals surface area contributed by atoms with Crippen LogP contribution >= 0.6 is 24.0 Å². The third-order valence-electron chi connectivity index (χ3n) is 6.85. The Labute approximate surface area is 196 Å². The van der Waals surface area contributed by atoms with E-state index >= 15 is 0 Å². The van der Waals surface area contributed by atoms with Crippen LogP contribution in [0.2, 0.25) is 0 Å². The standard InChI is InChI=1S/C22H45N5O.HI/c1-7-22(8-2)19(15-20(22)28-10-4)25-21(23-9-3)24-16-18(5)17-27-13-11-26(6)12-14-27;/h18-20H,7-17H2,1-6H3,(H2,23,24,25);1H. The largest absolute Gasteiger partial charge is 0.378 e. The van der Waals surface area contributed by atoms with Gasteiger partial charge in [-0.05, 0) is 46.1 Å². The zero-order valence-electron chi connectivity index (χ0n) is 19.7. The normalized spacial score (nSPS) is 26.3. The number of hydrogen-bond donors (Lipinski definition) is 2. The van der Waals surface area contributed by atoms with Crippen LogP contribution in [0, 0.1) is 11.3 Å². The lowest BCUT2D eigenvalue weighted by atomic mass is 9.58. The van der Waals surface area contributed by atoms with E-state index in [1.54, 1.807) is 0 Å². The summed E-state index contributed by atoms with van der Waals surface area (Å²) in [5.41, 5.74) is 0.234. The zero-order valence-corrected chi connectivity index (χ0v) is 22.0. The number of halogens is 1. The van der Waals surface area contributed by atoms with Crippen molar-refractivity contribution >= 4 is 29.9 Å². The maximum absolute atomic E-state index is 6.03. The summed E-state index contributed by atoms with van der Waals surface area (Å²) in [7, 11) is 2.21. The predicted molar refractivity (Wildman–Crippen MR) is 134 cm³/mol. The van der Waals surface area contributed by atoms with Crippen LogP contribution in [0.15, 0.2) is 4.99 Å². The molecule has 2 rings (SSSR count). The molecular weight excluding hydrogens is 477 g/mol. The van der Waals surface area contributed by atoms with Crippen molar-refractivity contribution in [3.63, 3.8) is 0 Å². The smallest absolute Gasteiger partial charge is 0.191 e. The summed E-state index contributed by atoms with van der Waals surface area (Å²) < 4.78 is 6.03. The Morgan fingerprint density at radius 3 is 2.34 bits per heavy atom. The molecule has 3 unspecified atom stereocenters. The van der Waals surface area contributed by atoms with Crippen molar-refractivity contribution in [3.05, 3.63) is 0 Å². The predicted octanol–water partition coefficient (Wildman–Crippen LogP) is 3.03. The van der Waals surface area contributed by atoms with E-state index in [1.807, 2.05) is 0 Å². The van der Waals surface area contributed by atoms with Crippen molar-refractivity contribution in [1.29, 1.82) is 0 Å². The van der Waals surface area contributed by atoms with Crippen molar-refractivity contribution in [2.24, 2.45) is 16.3 Å². The first-order valence-electron chi connectivity index (χ1n) is 11.6. The van der Waals surface area contributed by atoms with E-state index in [9.17, 15) is 0 Å². The van der Waals surface area contributed by atoms with E-state index in [0.29, 0.717) is 18.1 Å². The fraction of sp³-hybridized carbons (Fsp3) is 0.955. The molecule has 0 amide bonds. The number of ether oxygens (including phenoxy) is 1. The van der Waals surface area contributed by atoms with Crippen LogP contribution < -0.4 is 10.6 Å². The first-order chi connectivity index (χ1) is 13.5. The molecule has 2 N–H and O–H groups in total. The number of aliphatic imine (C=N–C) groups is 1. The molecule has 1 aliphatic heterocycles. The zero-order chi connectivity index (χ0) is 20.6. The molecule has 2 fully saturated rings. The molecule has 1 saturated carbocycles. The molecule has 7 heteroatoms. The van der Waals surface area contributed by atoms with E-state index in [4.69, 9.17) is 9.73 Å². The molecule has 0 spiro atoms. The Hall–Kier alpha value is -0.120. The van der Waals surface area contributed by atoms with E-state index < -0.39 is 0 Å². The van der Waals surface area contributed by atoms with Crippen molar-refractivity contribution in [2.45, 2.75) is 66.0 Å². The van der Waals surface area contributed by atoms with Gasteiger partial charge in [0.15, 0.2) is 5.96 Å². The molecule has 1 saturated heterocycles. The maximum atomic E-state index is 6.03. The van der Waals surface area contributed by atoms with Gasteiger partial charge in [-0.1, -0.05) is 20.8 Å². The number of hydrogen-bond acceptors (Lipinski definition) is 4. The summed E-state index contributed by atoms with van der Waals surface area (Å²) in [5, 5.41) is 7.20. The van der Waals surface area contributed by atoms with Gasteiger partial charge in [0.1, 0.15) is 0 Å². The number of likely N-dealkylation sites (N-methyl/N-ethyl adjacent to an activating group) is 1. The number of nitrogens with zero attached hydrogens (tertiary/aromatic N) is 3. The average molecular weight is 524 g/mol. The Morgan fingerprint density at radius 1 is 1.14 bits per heavy atom. The Bertz CT molecular complexity index is 478. The molecule has 0 aromatic carbocycles. The number of piperazine rings is 1. The topological polar surface area (TPSA) is 52.1 Å². The van der Waals surface area contributed by atoms with Crippen LogP contribution in [0.25, 0.3) is 0 Å². The SMILES string of the molecule is CCNC(=NCC(C)CN1CCN(C)CC1)NC1CC(OCC)C1(CC)CC.I. The van der Waals surface area contributed by atoms with Crippen molar-refractivity contribution in [1.82, 2.24) is 20.4 Å². The fourth-order valence-electron chi connectivity index (χ4n) is 4.84. The highest BCUT2D eigenvalue weighted by Crippen LogP contribution is 2.48. The van der Waals surface area contributed by atoms with E-state index in [0.717, 1.165) is 51.5 Å². The monoisotopic (exact) mass is 523 g/mol. The summed E-state index contributed by atoms with van der Waals surface area (Å²) in [6.07, 6.45) is 3.75. The molecule has 1 heterocycles. The van der Waals surface area contributed by atoms with E-state index in [1.165, 1.54) is 26.2 Å². The quantitative estimate of drug-likeness (QED) is 0.262. The molecular formula is C22H46IN5O. The van der Waals surface area contributed by atoms with Crippen LogP contribution in [-0.2, 0) is 4.74 Å². The third kappa shape index (κ3) is 7.21. The number of guanidine groups is 1. The van der Waals surface area contributed by atoms with Gasteiger partial charge < -0.3 is 25.2 Å². The molecule has 0 aromatic heterocycles. The van der Waals surface area contributed by atoms with Crippen LogP contribution in [0.3, 0.4) is 0 Å². The molecule has 29 heavy (non-hydrogen) atoms. The Kier molecular flexibility index (Phi) is 12.4. The van der Waals surface area contributed by atoms with Crippen LogP contribution in [0.4, 0.5) is 0 Å². The highest BCUT2D eigenvalue weighted by atomic mass is 127. The van der Waals surface area contributed by atoms with Gasteiger partial charge in [0.2, 0.25) is 0 Å². The minimum atomic E-state index is 0. The average Bonchev–Trinajstić information content (AvgIpc) is 2.68. The first-order valence-corrected chi connectivity index (χ1v) is 11.6. The molecule has 0 aromatic rings. The van der Waals surface area contributed by atoms with Crippen LogP contribution in [0.5, 0.6) is 0 Å². The van der Waals surface area contributed by atoms with Gasteiger partial charge in [0.25, 0.3) is 0 Å². The summed E-state index contributed by atoms with van der Waals surface area (Å²) in [6.45, 7) is 19.6. The minimum Gasteiger partial charge on any atom is -0.378 e. The van der Waals surface area contributed by atoms with Crippen LogP contribution in [0.1, 0.15) is 53.9 Å².